The van der Waals surface area contributed by atoms with Gasteiger partial charge in [-0.25, -0.2) is 0 Å². The Labute approximate surface area is 111 Å². The van der Waals surface area contributed by atoms with Gasteiger partial charge < -0.3 is 4.90 Å². The molecule has 2 heterocycles. The molecule has 0 aliphatic carbocycles. The smallest absolute Gasteiger partial charge is 0.263 e. The number of carbonyl (C=O) groups is 1. The summed E-state index contributed by atoms with van der Waals surface area (Å²) >= 11 is 6.53. The first-order valence-corrected chi connectivity index (χ1v) is 7.24. The monoisotopic (exact) mass is 315 g/mol. The van der Waals surface area contributed by atoms with E-state index in [1.165, 1.54) is 11.3 Å². The molecule has 1 amide bonds. The SMILES string of the molecule is CN(Cc1csc(Br)c1)C(=O)c1cccs1. The first-order valence-electron chi connectivity index (χ1n) is 4.68. The first kappa shape index (κ1) is 11.8. The van der Waals surface area contributed by atoms with Crippen LogP contribution in [0.2, 0.25) is 0 Å². The third-order valence-electron chi connectivity index (χ3n) is 2.12. The van der Waals surface area contributed by atoms with E-state index >= 15 is 0 Å². The molecule has 16 heavy (non-hydrogen) atoms. The summed E-state index contributed by atoms with van der Waals surface area (Å²) in [4.78, 5) is 14.5. The Morgan fingerprint density at radius 3 is 2.88 bits per heavy atom. The van der Waals surface area contributed by atoms with E-state index in [0.29, 0.717) is 6.54 Å². The van der Waals surface area contributed by atoms with Crippen molar-refractivity contribution in [3.05, 3.63) is 43.2 Å². The van der Waals surface area contributed by atoms with Crippen molar-refractivity contribution in [3.63, 3.8) is 0 Å². The predicted octanol–water partition coefficient (Wildman–Crippen LogP) is 3.84. The van der Waals surface area contributed by atoms with E-state index < -0.39 is 0 Å². The van der Waals surface area contributed by atoms with Crippen molar-refractivity contribution in [2.75, 3.05) is 7.05 Å². The van der Waals surface area contributed by atoms with Crippen molar-refractivity contribution >= 4 is 44.5 Å². The molecule has 5 heteroatoms. The van der Waals surface area contributed by atoms with E-state index in [0.717, 1.165) is 14.2 Å². The van der Waals surface area contributed by atoms with Crippen LogP contribution in [0.4, 0.5) is 0 Å². The molecule has 0 fully saturated rings. The van der Waals surface area contributed by atoms with E-state index in [4.69, 9.17) is 0 Å². The highest BCUT2D eigenvalue weighted by atomic mass is 79.9. The number of hydrogen-bond acceptors (Lipinski definition) is 3. The molecule has 0 spiro atoms. The second kappa shape index (κ2) is 5.12. The topological polar surface area (TPSA) is 20.3 Å². The largest absolute Gasteiger partial charge is 0.337 e. The quantitative estimate of drug-likeness (QED) is 0.842. The van der Waals surface area contributed by atoms with E-state index in [1.54, 1.807) is 16.2 Å². The maximum Gasteiger partial charge on any atom is 0.263 e. The maximum absolute atomic E-state index is 11.9. The summed E-state index contributed by atoms with van der Waals surface area (Å²) in [6, 6.07) is 5.79. The summed E-state index contributed by atoms with van der Waals surface area (Å²) < 4.78 is 1.10. The third kappa shape index (κ3) is 2.72. The second-order valence-electron chi connectivity index (χ2n) is 3.40. The van der Waals surface area contributed by atoms with Gasteiger partial charge in [-0.15, -0.1) is 22.7 Å². The summed E-state index contributed by atoms with van der Waals surface area (Å²) in [7, 11) is 1.83. The van der Waals surface area contributed by atoms with Crippen LogP contribution in [-0.2, 0) is 6.54 Å². The van der Waals surface area contributed by atoms with Gasteiger partial charge in [0.2, 0.25) is 0 Å². The summed E-state index contributed by atoms with van der Waals surface area (Å²) in [5, 5.41) is 3.98. The Kier molecular flexibility index (Phi) is 3.78. The molecule has 2 rings (SSSR count). The van der Waals surface area contributed by atoms with Gasteiger partial charge in [0.15, 0.2) is 0 Å². The molecular formula is C11H10BrNOS2. The Hall–Kier alpha value is -0.650. The van der Waals surface area contributed by atoms with E-state index in [9.17, 15) is 4.79 Å². The van der Waals surface area contributed by atoms with Crippen LogP contribution in [0, 0.1) is 0 Å². The fourth-order valence-electron chi connectivity index (χ4n) is 1.36. The lowest BCUT2D eigenvalue weighted by molar-refractivity contribution is 0.0790. The fourth-order valence-corrected chi connectivity index (χ4v) is 3.28. The van der Waals surface area contributed by atoms with Crippen molar-refractivity contribution < 1.29 is 4.79 Å². The molecule has 0 aromatic carbocycles. The van der Waals surface area contributed by atoms with Crippen LogP contribution in [-0.4, -0.2) is 17.9 Å². The van der Waals surface area contributed by atoms with Gasteiger partial charge in [-0.1, -0.05) is 6.07 Å². The van der Waals surface area contributed by atoms with Crippen LogP contribution >= 0.6 is 38.6 Å². The molecule has 0 N–H and O–H groups in total. The summed E-state index contributed by atoms with van der Waals surface area (Å²) in [5.74, 6) is 0.0809. The van der Waals surface area contributed by atoms with E-state index in [1.807, 2.05) is 30.6 Å². The second-order valence-corrected chi connectivity index (χ2v) is 6.64. The van der Waals surface area contributed by atoms with Gasteiger partial charge in [-0.05, 0) is 44.4 Å². The molecule has 2 aromatic heterocycles. The van der Waals surface area contributed by atoms with Gasteiger partial charge in [0.1, 0.15) is 0 Å². The molecule has 0 aliphatic heterocycles. The maximum atomic E-state index is 11.9. The van der Waals surface area contributed by atoms with Crippen molar-refractivity contribution in [1.82, 2.24) is 4.90 Å². The average Bonchev–Trinajstić information content (AvgIpc) is 2.88. The summed E-state index contributed by atoms with van der Waals surface area (Å²) in [6.07, 6.45) is 0. The predicted molar refractivity (Wildman–Crippen MR) is 72.1 cm³/mol. The third-order valence-corrected chi connectivity index (χ3v) is 4.53. The molecular weight excluding hydrogens is 306 g/mol. The lowest BCUT2D eigenvalue weighted by atomic mass is 10.3. The standard InChI is InChI=1S/C11H10BrNOS2/c1-13(6-8-5-10(12)16-7-8)11(14)9-3-2-4-15-9/h2-5,7H,6H2,1H3. The minimum Gasteiger partial charge on any atom is -0.337 e. The molecule has 0 saturated heterocycles. The lowest BCUT2D eigenvalue weighted by Crippen LogP contribution is -2.25. The molecule has 2 aromatic rings. The zero-order valence-electron chi connectivity index (χ0n) is 8.64. The van der Waals surface area contributed by atoms with Crippen molar-refractivity contribution in [3.8, 4) is 0 Å². The summed E-state index contributed by atoms with van der Waals surface area (Å²) in [5.41, 5.74) is 1.16. The van der Waals surface area contributed by atoms with E-state index in [-0.39, 0.29) is 5.91 Å². The van der Waals surface area contributed by atoms with Crippen LogP contribution < -0.4 is 0 Å². The van der Waals surface area contributed by atoms with Crippen LogP contribution in [0.15, 0.2) is 32.7 Å². The molecule has 0 bridgehead atoms. The highest BCUT2D eigenvalue weighted by Crippen LogP contribution is 2.22. The number of thiophene rings is 2. The number of halogens is 1. The first-order chi connectivity index (χ1) is 7.66. The molecule has 0 aliphatic rings. The molecule has 2 nitrogen and oxygen atoms in total. The van der Waals surface area contributed by atoms with Gasteiger partial charge in [0.25, 0.3) is 5.91 Å². The normalized spacial score (nSPS) is 10.4. The Balaban J connectivity index is 2.03. The van der Waals surface area contributed by atoms with E-state index in [2.05, 4.69) is 21.3 Å². The van der Waals surface area contributed by atoms with Gasteiger partial charge >= 0.3 is 0 Å². The average molecular weight is 316 g/mol. The van der Waals surface area contributed by atoms with Crippen molar-refractivity contribution in [2.45, 2.75) is 6.54 Å². The number of hydrogen-bond donors (Lipinski definition) is 0. The Morgan fingerprint density at radius 2 is 2.31 bits per heavy atom. The zero-order valence-corrected chi connectivity index (χ0v) is 11.9. The Bertz CT molecular complexity index is 478. The summed E-state index contributed by atoms with van der Waals surface area (Å²) in [6.45, 7) is 0.652. The molecule has 0 unspecified atom stereocenters. The lowest BCUT2D eigenvalue weighted by Gasteiger charge is -2.15. The van der Waals surface area contributed by atoms with Crippen molar-refractivity contribution in [2.24, 2.45) is 0 Å². The van der Waals surface area contributed by atoms with Gasteiger partial charge in [0, 0.05) is 13.6 Å². The van der Waals surface area contributed by atoms with Crippen molar-refractivity contribution in [1.29, 1.82) is 0 Å². The van der Waals surface area contributed by atoms with Crippen LogP contribution in [0.5, 0.6) is 0 Å². The highest BCUT2D eigenvalue weighted by Gasteiger charge is 2.13. The van der Waals surface area contributed by atoms with Crippen LogP contribution in [0.3, 0.4) is 0 Å². The fraction of sp³-hybridized carbons (Fsp3) is 0.182. The highest BCUT2D eigenvalue weighted by molar-refractivity contribution is 9.11. The minimum atomic E-state index is 0.0809. The van der Waals surface area contributed by atoms with Gasteiger partial charge in [0.05, 0.1) is 8.66 Å². The molecule has 0 atom stereocenters. The minimum absolute atomic E-state index is 0.0809. The van der Waals surface area contributed by atoms with Gasteiger partial charge in [-0.3, -0.25) is 4.79 Å². The van der Waals surface area contributed by atoms with Crippen LogP contribution in [0.1, 0.15) is 15.2 Å². The Morgan fingerprint density at radius 1 is 1.50 bits per heavy atom. The molecule has 0 radical (unpaired) electrons. The number of carbonyl (C=O) groups excluding carboxylic acids is 1. The number of amides is 1. The number of nitrogens with zero attached hydrogens (tertiary/aromatic N) is 1. The zero-order chi connectivity index (χ0) is 11.5. The molecule has 0 saturated carbocycles. The van der Waals surface area contributed by atoms with Gasteiger partial charge in [-0.2, -0.15) is 0 Å². The molecule has 84 valence electrons. The van der Waals surface area contributed by atoms with Crippen LogP contribution in [0.25, 0.3) is 0 Å². The number of rotatable bonds is 3.